The van der Waals surface area contributed by atoms with Gasteiger partial charge in [0, 0.05) is 16.5 Å². The third-order valence-electron chi connectivity index (χ3n) is 2.26. The van der Waals surface area contributed by atoms with Crippen molar-refractivity contribution >= 4 is 28.1 Å². The predicted octanol–water partition coefficient (Wildman–Crippen LogP) is 3.47. The summed E-state index contributed by atoms with van der Waals surface area (Å²) in [4.78, 5) is 0.650. The fourth-order valence-corrected chi connectivity index (χ4v) is 3.06. The maximum Gasteiger partial charge on any atom is 0.0632 e. The Labute approximate surface area is 105 Å². The van der Waals surface area contributed by atoms with Crippen molar-refractivity contribution in [2.45, 2.75) is 32.1 Å². The number of hydrogen-bond donors (Lipinski definition) is 1. The van der Waals surface area contributed by atoms with Crippen molar-refractivity contribution in [3.63, 3.8) is 0 Å². The number of anilines is 1. The van der Waals surface area contributed by atoms with Gasteiger partial charge in [-0.15, -0.1) is 0 Å². The molecule has 0 radical (unpaired) electrons. The molecule has 16 heavy (non-hydrogen) atoms. The Morgan fingerprint density at radius 1 is 1.38 bits per heavy atom. The highest BCUT2D eigenvalue weighted by atomic mass is 35.5. The maximum absolute atomic E-state index is 12.0. The van der Waals surface area contributed by atoms with E-state index in [0.29, 0.717) is 21.4 Å². The Morgan fingerprint density at radius 3 is 2.56 bits per heavy atom. The van der Waals surface area contributed by atoms with Gasteiger partial charge in [0.1, 0.15) is 0 Å². The zero-order valence-electron chi connectivity index (χ0n) is 9.92. The molecule has 0 spiro atoms. The summed E-state index contributed by atoms with van der Waals surface area (Å²) in [5.74, 6) is 0.619. The number of benzene rings is 1. The van der Waals surface area contributed by atoms with Crippen LogP contribution in [0.4, 0.5) is 5.69 Å². The third-order valence-corrected chi connectivity index (χ3v) is 3.91. The second-order valence-corrected chi connectivity index (χ2v) is 7.02. The SMILES string of the molecule is CC(C)(C)CCS(=O)c1cc(Cl)ccc1N. The summed E-state index contributed by atoms with van der Waals surface area (Å²) in [5, 5.41) is 0.577. The van der Waals surface area contributed by atoms with Gasteiger partial charge >= 0.3 is 0 Å². The molecule has 90 valence electrons. The first-order valence-electron chi connectivity index (χ1n) is 5.23. The van der Waals surface area contributed by atoms with Crippen LogP contribution < -0.4 is 5.73 Å². The monoisotopic (exact) mass is 259 g/mol. The van der Waals surface area contributed by atoms with Crippen LogP contribution in [-0.4, -0.2) is 9.96 Å². The summed E-state index contributed by atoms with van der Waals surface area (Å²) in [6.45, 7) is 6.39. The Balaban J connectivity index is 2.77. The minimum atomic E-state index is -1.06. The summed E-state index contributed by atoms with van der Waals surface area (Å²) in [6, 6.07) is 5.10. The number of rotatable bonds is 3. The Morgan fingerprint density at radius 2 is 2.00 bits per heavy atom. The van der Waals surface area contributed by atoms with Crippen LogP contribution >= 0.6 is 11.6 Å². The molecule has 4 heteroatoms. The van der Waals surface area contributed by atoms with Crippen molar-refractivity contribution in [2.75, 3.05) is 11.5 Å². The molecule has 2 N–H and O–H groups in total. The van der Waals surface area contributed by atoms with Gasteiger partial charge in [-0.2, -0.15) is 0 Å². The van der Waals surface area contributed by atoms with Crippen LogP contribution in [0.25, 0.3) is 0 Å². The van der Waals surface area contributed by atoms with Gasteiger partial charge in [-0.3, -0.25) is 4.21 Å². The molecule has 1 aromatic rings. The Bertz CT molecular complexity index is 398. The van der Waals surface area contributed by atoms with Crippen LogP contribution in [0.5, 0.6) is 0 Å². The minimum absolute atomic E-state index is 0.184. The molecule has 0 saturated heterocycles. The van der Waals surface area contributed by atoms with E-state index in [0.717, 1.165) is 6.42 Å². The van der Waals surface area contributed by atoms with E-state index in [9.17, 15) is 4.21 Å². The molecule has 0 aliphatic rings. The highest BCUT2D eigenvalue weighted by molar-refractivity contribution is 7.85. The van der Waals surface area contributed by atoms with Crippen molar-refractivity contribution < 1.29 is 4.21 Å². The van der Waals surface area contributed by atoms with E-state index in [-0.39, 0.29) is 5.41 Å². The largest absolute Gasteiger partial charge is 0.398 e. The van der Waals surface area contributed by atoms with Gasteiger partial charge in [-0.1, -0.05) is 32.4 Å². The second-order valence-electron chi connectivity index (χ2n) is 5.04. The van der Waals surface area contributed by atoms with Crippen molar-refractivity contribution in [3.8, 4) is 0 Å². The van der Waals surface area contributed by atoms with Crippen molar-refractivity contribution in [1.82, 2.24) is 0 Å². The van der Waals surface area contributed by atoms with E-state index in [1.165, 1.54) is 0 Å². The van der Waals surface area contributed by atoms with Gasteiger partial charge < -0.3 is 5.73 Å². The van der Waals surface area contributed by atoms with Gasteiger partial charge in [-0.05, 0) is 30.0 Å². The molecule has 2 nitrogen and oxygen atoms in total. The van der Waals surface area contributed by atoms with Crippen LogP contribution in [0.1, 0.15) is 27.2 Å². The average molecular weight is 260 g/mol. The second kappa shape index (κ2) is 5.19. The highest BCUT2D eigenvalue weighted by Gasteiger charge is 2.14. The lowest BCUT2D eigenvalue weighted by Gasteiger charge is -2.17. The van der Waals surface area contributed by atoms with E-state index < -0.39 is 10.8 Å². The minimum Gasteiger partial charge on any atom is -0.398 e. The summed E-state index contributed by atoms with van der Waals surface area (Å²) in [7, 11) is -1.06. The molecule has 0 amide bonds. The Hall–Kier alpha value is -0.540. The summed E-state index contributed by atoms with van der Waals surface area (Å²) >= 11 is 5.86. The van der Waals surface area contributed by atoms with Gasteiger partial charge in [0.05, 0.1) is 15.7 Å². The quantitative estimate of drug-likeness (QED) is 0.845. The van der Waals surface area contributed by atoms with Crippen LogP contribution in [0.15, 0.2) is 23.1 Å². The zero-order chi connectivity index (χ0) is 12.3. The van der Waals surface area contributed by atoms with Crippen molar-refractivity contribution in [1.29, 1.82) is 0 Å². The van der Waals surface area contributed by atoms with Crippen LogP contribution in [-0.2, 0) is 10.8 Å². The summed E-state index contributed by atoms with van der Waals surface area (Å²) < 4.78 is 12.0. The number of nitrogens with two attached hydrogens (primary N) is 1. The smallest absolute Gasteiger partial charge is 0.0632 e. The molecule has 0 bridgehead atoms. The first-order chi connectivity index (χ1) is 7.29. The molecule has 0 aromatic heterocycles. The molecule has 1 unspecified atom stereocenters. The molecule has 0 heterocycles. The van der Waals surface area contributed by atoms with Crippen molar-refractivity contribution in [2.24, 2.45) is 5.41 Å². The molecular formula is C12H18ClNOS. The van der Waals surface area contributed by atoms with Crippen LogP contribution in [0, 0.1) is 5.41 Å². The van der Waals surface area contributed by atoms with Gasteiger partial charge in [0.15, 0.2) is 0 Å². The number of hydrogen-bond acceptors (Lipinski definition) is 2. The highest BCUT2D eigenvalue weighted by Crippen LogP contribution is 2.25. The molecule has 1 rings (SSSR count). The lowest BCUT2D eigenvalue weighted by molar-refractivity contribution is 0.400. The lowest BCUT2D eigenvalue weighted by Crippen LogP contribution is -2.11. The van der Waals surface area contributed by atoms with Crippen LogP contribution in [0.2, 0.25) is 5.02 Å². The molecule has 0 fully saturated rings. The van der Waals surface area contributed by atoms with Gasteiger partial charge in [0.2, 0.25) is 0 Å². The van der Waals surface area contributed by atoms with E-state index in [1.807, 2.05) is 0 Å². The molecule has 0 aliphatic carbocycles. The first kappa shape index (κ1) is 13.5. The zero-order valence-corrected chi connectivity index (χ0v) is 11.5. The molecular weight excluding hydrogens is 242 g/mol. The van der Waals surface area contributed by atoms with E-state index in [1.54, 1.807) is 18.2 Å². The fourth-order valence-electron chi connectivity index (χ4n) is 1.21. The average Bonchev–Trinajstić information content (AvgIpc) is 2.17. The standard InChI is InChI=1S/C12H18ClNOS/c1-12(2,3)6-7-16(15)11-8-9(13)4-5-10(11)14/h4-5,8H,6-7,14H2,1-3H3. The van der Waals surface area contributed by atoms with E-state index >= 15 is 0 Å². The summed E-state index contributed by atoms with van der Waals surface area (Å²) in [5.41, 5.74) is 6.51. The molecule has 1 aromatic carbocycles. The van der Waals surface area contributed by atoms with Crippen LogP contribution in [0.3, 0.4) is 0 Å². The molecule has 0 aliphatic heterocycles. The topological polar surface area (TPSA) is 43.1 Å². The van der Waals surface area contributed by atoms with Crippen molar-refractivity contribution in [3.05, 3.63) is 23.2 Å². The Kier molecular flexibility index (Phi) is 4.39. The normalized spacial score (nSPS) is 13.8. The van der Waals surface area contributed by atoms with Gasteiger partial charge in [-0.25, -0.2) is 0 Å². The third kappa shape index (κ3) is 4.14. The van der Waals surface area contributed by atoms with Gasteiger partial charge in [0.25, 0.3) is 0 Å². The molecule has 0 saturated carbocycles. The maximum atomic E-state index is 12.0. The number of nitrogen functional groups attached to an aromatic ring is 1. The lowest BCUT2D eigenvalue weighted by atomic mass is 9.94. The predicted molar refractivity (Wildman–Crippen MR) is 71.2 cm³/mol. The molecule has 1 atom stereocenters. The van der Waals surface area contributed by atoms with E-state index in [2.05, 4.69) is 20.8 Å². The fraction of sp³-hybridized carbons (Fsp3) is 0.500. The summed E-state index contributed by atoms with van der Waals surface area (Å²) in [6.07, 6.45) is 0.894. The van der Waals surface area contributed by atoms with E-state index in [4.69, 9.17) is 17.3 Å². The first-order valence-corrected chi connectivity index (χ1v) is 6.93. The number of halogens is 1.